The molecule has 3 nitrogen and oxygen atoms in total. The Morgan fingerprint density at radius 1 is 1.22 bits per heavy atom. The molecule has 0 heterocycles. The van der Waals surface area contributed by atoms with Gasteiger partial charge in [0, 0.05) is 19.6 Å². The molecule has 0 aromatic carbocycles. The molecule has 0 aromatic rings. The first-order valence-corrected chi connectivity index (χ1v) is 7.17. The predicted octanol–water partition coefficient (Wildman–Crippen LogP) is 2.04. The van der Waals surface area contributed by atoms with Crippen LogP contribution in [0.5, 0.6) is 0 Å². The van der Waals surface area contributed by atoms with Gasteiger partial charge in [-0.3, -0.25) is 4.79 Å². The Labute approximate surface area is 116 Å². The second kappa shape index (κ2) is 5.38. The Balaban J connectivity index is 0.00000120. The first kappa shape index (κ1) is 14.1. The number of hydrogen-bond acceptors (Lipinski definition) is 2. The summed E-state index contributed by atoms with van der Waals surface area (Å²) >= 11 is 0. The van der Waals surface area contributed by atoms with Gasteiger partial charge < -0.3 is 10.6 Å². The van der Waals surface area contributed by atoms with Gasteiger partial charge in [0.2, 0.25) is 5.91 Å². The average molecular weight is 273 g/mol. The summed E-state index contributed by atoms with van der Waals surface area (Å²) in [6.07, 6.45) is 7.62. The molecule has 0 aromatic heterocycles. The number of amides is 1. The first-order valence-electron chi connectivity index (χ1n) is 7.17. The second-order valence-electron chi connectivity index (χ2n) is 6.43. The maximum atomic E-state index is 12.4. The highest BCUT2D eigenvalue weighted by Crippen LogP contribution is 2.48. The fourth-order valence-corrected chi connectivity index (χ4v) is 3.85. The van der Waals surface area contributed by atoms with Gasteiger partial charge in [0.1, 0.15) is 0 Å². The van der Waals surface area contributed by atoms with E-state index in [0.717, 1.165) is 12.5 Å². The van der Waals surface area contributed by atoms with Gasteiger partial charge in [-0.2, -0.15) is 0 Å². The lowest BCUT2D eigenvalue weighted by Gasteiger charge is -2.30. The smallest absolute Gasteiger partial charge is 0.227 e. The van der Waals surface area contributed by atoms with E-state index < -0.39 is 0 Å². The van der Waals surface area contributed by atoms with Gasteiger partial charge in [0.15, 0.2) is 0 Å². The minimum absolute atomic E-state index is 0. The zero-order valence-electron chi connectivity index (χ0n) is 11.2. The van der Waals surface area contributed by atoms with Crippen LogP contribution in [0.4, 0.5) is 0 Å². The molecule has 0 spiro atoms. The van der Waals surface area contributed by atoms with E-state index in [1.807, 2.05) is 11.9 Å². The summed E-state index contributed by atoms with van der Waals surface area (Å²) < 4.78 is 0. The molecule has 18 heavy (non-hydrogen) atoms. The summed E-state index contributed by atoms with van der Waals surface area (Å²) in [5.41, 5.74) is 6.22. The number of hydrogen-bond donors (Lipinski definition) is 1. The molecule has 104 valence electrons. The van der Waals surface area contributed by atoms with E-state index in [0.29, 0.717) is 17.7 Å². The van der Waals surface area contributed by atoms with Crippen LogP contribution in [0.2, 0.25) is 0 Å². The number of rotatable bonds is 4. The number of nitrogens with two attached hydrogens (primary N) is 1. The average Bonchev–Trinajstić information content (AvgIpc) is 2.95. The molecule has 0 saturated heterocycles. The van der Waals surface area contributed by atoms with Crippen molar-refractivity contribution in [3.63, 3.8) is 0 Å². The zero-order chi connectivity index (χ0) is 12.0. The lowest BCUT2D eigenvalue weighted by atomic mass is 9.84. The van der Waals surface area contributed by atoms with Gasteiger partial charge in [-0.1, -0.05) is 12.8 Å². The van der Waals surface area contributed by atoms with E-state index in [1.165, 1.54) is 38.5 Å². The highest BCUT2D eigenvalue weighted by Gasteiger charge is 2.49. The van der Waals surface area contributed by atoms with Crippen molar-refractivity contribution in [1.82, 2.24) is 4.90 Å². The molecule has 3 aliphatic carbocycles. The minimum atomic E-state index is 0. The Kier molecular flexibility index (Phi) is 4.22. The van der Waals surface area contributed by atoms with E-state index in [1.54, 1.807) is 0 Å². The van der Waals surface area contributed by atoms with Crippen molar-refractivity contribution < 1.29 is 4.79 Å². The molecule has 3 aliphatic rings. The fraction of sp³-hybridized carbons (Fsp3) is 0.929. The van der Waals surface area contributed by atoms with Gasteiger partial charge in [-0.15, -0.1) is 12.4 Å². The van der Waals surface area contributed by atoms with E-state index in [4.69, 9.17) is 5.73 Å². The summed E-state index contributed by atoms with van der Waals surface area (Å²) in [4.78, 5) is 14.4. The van der Waals surface area contributed by atoms with Crippen LogP contribution in [0.1, 0.15) is 38.5 Å². The molecule has 0 radical (unpaired) electrons. The summed E-state index contributed by atoms with van der Waals surface area (Å²) in [5.74, 6) is 2.58. The van der Waals surface area contributed by atoms with Crippen molar-refractivity contribution in [2.24, 2.45) is 29.4 Å². The van der Waals surface area contributed by atoms with Crippen molar-refractivity contribution in [2.75, 3.05) is 13.6 Å². The molecule has 0 aliphatic heterocycles. The molecule has 2 bridgehead atoms. The van der Waals surface area contributed by atoms with E-state index in [-0.39, 0.29) is 24.4 Å². The molecule has 4 unspecified atom stereocenters. The maximum Gasteiger partial charge on any atom is 0.227 e. The van der Waals surface area contributed by atoms with Crippen LogP contribution in [-0.4, -0.2) is 30.4 Å². The van der Waals surface area contributed by atoms with Crippen molar-refractivity contribution in [2.45, 2.75) is 44.6 Å². The molecule has 3 rings (SSSR count). The summed E-state index contributed by atoms with van der Waals surface area (Å²) in [6.45, 7) is 0.935. The molecular formula is C14H25ClN2O. The van der Waals surface area contributed by atoms with Gasteiger partial charge in [-0.25, -0.2) is 0 Å². The third-order valence-electron chi connectivity index (χ3n) is 5.21. The largest absolute Gasteiger partial charge is 0.345 e. The molecule has 4 heteroatoms. The molecule has 2 N–H and O–H groups in total. The Bertz CT molecular complexity index is 317. The Morgan fingerprint density at radius 2 is 1.89 bits per heavy atom. The topological polar surface area (TPSA) is 46.3 Å². The molecule has 3 fully saturated rings. The van der Waals surface area contributed by atoms with Crippen LogP contribution in [0.15, 0.2) is 0 Å². The maximum absolute atomic E-state index is 12.4. The summed E-state index contributed by atoms with van der Waals surface area (Å²) in [5, 5.41) is 0. The highest BCUT2D eigenvalue weighted by molar-refractivity contribution is 5.85. The standard InChI is InChI=1S/C14H24N2O.ClH/c1-16(7-6-9-2-3-9)14(17)12-10-4-5-11(8-10)13(12)15;/h9-13H,2-8,15H2,1H3;1H. The van der Waals surface area contributed by atoms with Gasteiger partial charge in [-0.05, 0) is 43.4 Å². The van der Waals surface area contributed by atoms with Gasteiger partial charge in [0.05, 0.1) is 5.92 Å². The van der Waals surface area contributed by atoms with Crippen molar-refractivity contribution >= 4 is 18.3 Å². The van der Waals surface area contributed by atoms with E-state index >= 15 is 0 Å². The molecule has 1 amide bonds. The minimum Gasteiger partial charge on any atom is -0.345 e. The van der Waals surface area contributed by atoms with Crippen molar-refractivity contribution in [1.29, 1.82) is 0 Å². The third-order valence-corrected chi connectivity index (χ3v) is 5.21. The van der Waals surface area contributed by atoms with E-state index in [2.05, 4.69) is 0 Å². The molecule has 3 saturated carbocycles. The van der Waals surface area contributed by atoms with Crippen LogP contribution in [0.3, 0.4) is 0 Å². The number of carbonyl (C=O) groups is 1. The van der Waals surface area contributed by atoms with Crippen LogP contribution in [0.25, 0.3) is 0 Å². The first-order chi connectivity index (χ1) is 8.16. The Hall–Kier alpha value is -0.280. The van der Waals surface area contributed by atoms with Crippen LogP contribution in [-0.2, 0) is 4.79 Å². The summed E-state index contributed by atoms with van der Waals surface area (Å²) in [7, 11) is 1.96. The number of nitrogens with zero attached hydrogens (tertiary/aromatic N) is 1. The Morgan fingerprint density at radius 3 is 2.44 bits per heavy atom. The predicted molar refractivity (Wildman–Crippen MR) is 74.5 cm³/mol. The third kappa shape index (κ3) is 2.53. The van der Waals surface area contributed by atoms with Crippen LogP contribution < -0.4 is 5.73 Å². The van der Waals surface area contributed by atoms with Gasteiger partial charge >= 0.3 is 0 Å². The van der Waals surface area contributed by atoms with Crippen molar-refractivity contribution in [3.8, 4) is 0 Å². The van der Waals surface area contributed by atoms with E-state index in [9.17, 15) is 4.79 Å². The number of halogens is 1. The normalized spacial score (nSPS) is 37.4. The second-order valence-corrected chi connectivity index (χ2v) is 6.43. The monoisotopic (exact) mass is 272 g/mol. The number of fused-ring (bicyclic) bond motifs is 2. The highest BCUT2D eigenvalue weighted by atomic mass is 35.5. The summed E-state index contributed by atoms with van der Waals surface area (Å²) in [6, 6.07) is 0.143. The fourth-order valence-electron chi connectivity index (χ4n) is 3.85. The van der Waals surface area contributed by atoms with Crippen LogP contribution in [0, 0.1) is 23.7 Å². The number of carbonyl (C=O) groups excluding carboxylic acids is 1. The van der Waals surface area contributed by atoms with Crippen molar-refractivity contribution in [3.05, 3.63) is 0 Å². The lowest BCUT2D eigenvalue weighted by molar-refractivity contribution is -0.136. The lowest BCUT2D eigenvalue weighted by Crippen LogP contribution is -2.46. The van der Waals surface area contributed by atoms with Gasteiger partial charge in [0.25, 0.3) is 0 Å². The zero-order valence-corrected chi connectivity index (χ0v) is 12.0. The molecular weight excluding hydrogens is 248 g/mol. The van der Waals surface area contributed by atoms with Crippen LogP contribution >= 0.6 is 12.4 Å². The quantitative estimate of drug-likeness (QED) is 0.851. The molecule has 4 atom stereocenters. The SMILES string of the molecule is CN(CCC1CC1)C(=O)C1C2CCC(C2)C1N.Cl.